The predicted octanol–water partition coefficient (Wildman–Crippen LogP) is 1.41. The van der Waals surface area contributed by atoms with Crippen LogP contribution in [0.5, 0.6) is 0 Å². The topological polar surface area (TPSA) is 66.4 Å². The van der Waals surface area contributed by atoms with Gasteiger partial charge < -0.3 is 4.90 Å². The van der Waals surface area contributed by atoms with E-state index in [-0.39, 0.29) is 23.7 Å². The number of nitrogens with zero attached hydrogens (tertiary/aromatic N) is 4. The number of imide groups is 1. The SMILES string of the molecule is Cc1cnc(N2CC3C(=O)N(Cc4ccccc4)C(=O)C3C2)nc1. The van der Waals surface area contributed by atoms with E-state index in [0.29, 0.717) is 25.6 Å². The molecule has 2 unspecified atom stereocenters. The Hall–Kier alpha value is -2.76. The molecular weight excluding hydrogens is 304 g/mol. The van der Waals surface area contributed by atoms with Crippen LogP contribution in [-0.4, -0.2) is 39.8 Å². The number of likely N-dealkylation sites (tertiary alicyclic amines) is 1. The fourth-order valence-corrected chi connectivity index (χ4v) is 3.45. The van der Waals surface area contributed by atoms with Crippen molar-refractivity contribution in [2.75, 3.05) is 18.0 Å². The first kappa shape index (κ1) is 14.8. The van der Waals surface area contributed by atoms with Crippen LogP contribution in [0.3, 0.4) is 0 Å². The second-order valence-corrected chi connectivity index (χ2v) is 6.43. The number of carbonyl (C=O) groups is 2. The largest absolute Gasteiger partial charge is 0.339 e. The molecule has 2 fully saturated rings. The summed E-state index contributed by atoms with van der Waals surface area (Å²) in [5.74, 6) is -0.144. The van der Waals surface area contributed by atoms with Gasteiger partial charge in [0.2, 0.25) is 17.8 Å². The Morgan fingerprint density at radius 1 is 1.00 bits per heavy atom. The van der Waals surface area contributed by atoms with E-state index in [0.717, 1.165) is 11.1 Å². The summed E-state index contributed by atoms with van der Waals surface area (Å²) in [6.45, 7) is 3.29. The number of hydrogen-bond donors (Lipinski definition) is 0. The number of aryl methyl sites for hydroxylation is 1. The summed E-state index contributed by atoms with van der Waals surface area (Å²) >= 11 is 0. The molecule has 2 amide bonds. The number of benzene rings is 1. The highest BCUT2D eigenvalue weighted by Crippen LogP contribution is 2.35. The molecule has 2 saturated heterocycles. The molecule has 0 bridgehead atoms. The standard InChI is InChI=1S/C18H18N4O2/c1-12-7-19-18(20-8-12)21-10-14-15(11-21)17(24)22(16(14)23)9-13-5-3-2-4-6-13/h2-8,14-15H,9-11H2,1H3. The number of rotatable bonds is 3. The Balaban J connectivity index is 1.50. The van der Waals surface area contributed by atoms with Crippen molar-refractivity contribution in [2.45, 2.75) is 13.5 Å². The van der Waals surface area contributed by atoms with Crippen molar-refractivity contribution in [3.05, 3.63) is 53.9 Å². The number of hydrogen-bond acceptors (Lipinski definition) is 5. The lowest BCUT2D eigenvalue weighted by Gasteiger charge is -2.20. The van der Waals surface area contributed by atoms with Crippen molar-refractivity contribution in [1.82, 2.24) is 14.9 Å². The van der Waals surface area contributed by atoms with Crippen LogP contribution in [0, 0.1) is 18.8 Å². The van der Waals surface area contributed by atoms with Gasteiger partial charge >= 0.3 is 0 Å². The van der Waals surface area contributed by atoms with Gasteiger partial charge in [0, 0.05) is 25.5 Å². The zero-order valence-corrected chi connectivity index (χ0v) is 13.4. The average molecular weight is 322 g/mol. The molecule has 0 saturated carbocycles. The zero-order chi connectivity index (χ0) is 16.7. The molecule has 3 heterocycles. The van der Waals surface area contributed by atoms with Gasteiger partial charge in [0.1, 0.15) is 0 Å². The molecule has 1 aromatic carbocycles. The van der Waals surface area contributed by atoms with Crippen molar-refractivity contribution >= 4 is 17.8 Å². The number of anilines is 1. The van der Waals surface area contributed by atoms with Crippen LogP contribution in [0.25, 0.3) is 0 Å². The van der Waals surface area contributed by atoms with Crippen molar-refractivity contribution in [2.24, 2.45) is 11.8 Å². The lowest BCUT2D eigenvalue weighted by molar-refractivity contribution is -0.140. The van der Waals surface area contributed by atoms with Crippen LogP contribution in [0.2, 0.25) is 0 Å². The minimum absolute atomic E-state index is 0.0801. The number of fused-ring (bicyclic) bond motifs is 1. The molecular formula is C18H18N4O2. The average Bonchev–Trinajstić information content (AvgIpc) is 3.13. The Kier molecular flexibility index (Phi) is 3.52. The zero-order valence-electron chi connectivity index (χ0n) is 13.4. The van der Waals surface area contributed by atoms with Gasteiger partial charge in [-0.15, -0.1) is 0 Å². The first-order chi connectivity index (χ1) is 11.6. The second kappa shape index (κ2) is 5.70. The lowest BCUT2D eigenvalue weighted by Crippen LogP contribution is -2.36. The van der Waals surface area contributed by atoms with E-state index in [9.17, 15) is 9.59 Å². The number of carbonyl (C=O) groups excluding carboxylic acids is 2. The molecule has 0 spiro atoms. The van der Waals surface area contributed by atoms with E-state index < -0.39 is 0 Å². The van der Waals surface area contributed by atoms with Gasteiger partial charge in [-0.3, -0.25) is 14.5 Å². The Morgan fingerprint density at radius 3 is 2.17 bits per heavy atom. The Bertz CT molecular complexity index is 751. The predicted molar refractivity (Wildman–Crippen MR) is 88.0 cm³/mol. The molecule has 122 valence electrons. The van der Waals surface area contributed by atoms with Gasteiger partial charge in [-0.1, -0.05) is 30.3 Å². The Labute approximate surface area is 140 Å². The first-order valence-electron chi connectivity index (χ1n) is 8.06. The van der Waals surface area contributed by atoms with Crippen LogP contribution in [0.1, 0.15) is 11.1 Å². The van der Waals surface area contributed by atoms with E-state index in [1.54, 1.807) is 12.4 Å². The molecule has 6 heteroatoms. The molecule has 0 aliphatic carbocycles. The highest BCUT2D eigenvalue weighted by molar-refractivity contribution is 6.06. The van der Waals surface area contributed by atoms with Crippen molar-refractivity contribution in [1.29, 1.82) is 0 Å². The highest BCUT2D eigenvalue weighted by Gasteiger charge is 2.52. The third-order valence-corrected chi connectivity index (χ3v) is 4.72. The van der Waals surface area contributed by atoms with Crippen LogP contribution in [0.4, 0.5) is 5.95 Å². The monoisotopic (exact) mass is 322 g/mol. The van der Waals surface area contributed by atoms with E-state index in [4.69, 9.17) is 0 Å². The molecule has 24 heavy (non-hydrogen) atoms. The van der Waals surface area contributed by atoms with Gasteiger partial charge in [0.25, 0.3) is 0 Å². The summed E-state index contributed by atoms with van der Waals surface area (Å²) in [7, 11) is 0. The molecule has 4 rings (SSSR count). The van der Waals surface area contributed by atoms with Gasteiger partial charge in [0.15, 0.2) is 0 Å². The van der Waals surface area contributed by atoms with E-state index in [2.05, 4.69) is 9.97 Å². The van der Waals surface area contributed by atoms with Crippen molar-refractivity contribution < 1.29 is 9.59 Å². The molecule has 1 aromatic heterocycles. The highest BCUT2D eigenvalue weighted by atomic mass is 16.2. The van der Waals surface area contributed by atoms with Crippen LogP contribution in [0.15, 0.2) is 42.7 Å². The molecule has 0 radical (unpaired) electrons. The maximum atomic E-state index is 12.7. The molecule has 0 N–H and O–H groups in total. The van der Waals surface area contributed by atoms with E-state index >= 15 is 0 Å². The van der Waals surface area contributed by atoms with E-state index in [1.807, 2.05) is 42.2 Å². The summed E-state index contributed by atoms with van der Waals surface area (Å²) in [5.41, 5.74) is 1.96. The van der Waals surface area contributed by atoms with Crippen LogP contribution >= 0.6 is 0 Å². The van der Waals surface area contributed by atoms with Gasteiger partial charge in [-0.05, 0) is 18.1 Å². The molecule has 2 aliphatic heterocycles. The molecule has 2 aliphatic rings. The minimum atomic E-state index is -0.286. The quantitative estimate of drug-likeness (QED) is 0.799. The third kappa shape index (κ3) is 2.44. The fraction of sp³-hybridized carbons (Fsp3) is 0.333. The second-order valence-electron chi connectivity index (χ2n) is 6.43. The summed E-state index contributed by atoms with van der Waals surface area (Å²) in [5, 5.41) is 0. The maximum Gasteiger partial charge on any atom is 0.235 e. The Morgan fingerprint density at radius 2 is 1.58 bits per heavy atom. The molecule has 2 atom stereocenters. The molecule has 6 nitrogen and oxygen atoms in total. The normalized spacial score (nSPS) is 23.0. The summed E-state index contributed by atoms with van der Waals surface area (Å²) < 4.78 is 0. The summed E-state index contributed by atoms with van der Waals surface area (Å²) in [4.78, 5) is 37.3. The minimum Gasteiger partial charge on any atom is -0.339 e. The number of aromatic nitrogens is 2. The van der Waals surface area contributed by atoms with Crippen LogP contribution in [-0.2, 0) is 16.1 Å². The third-order valence-electron chi connectivity index (χ3n) is 4.72. The lowest BCUT2D eigenvalue weighted by atomic mass is 10.00. The van der Waals surface area contributed by atoms with Crippen molar-refractivity contribution in [3.63, 3.8) is 0 Å². The van der Waals surface area contributed by atoms with Gasteiger partial charge in [0.05, 0.1) is 18.4 Å². The summed E-state index contributed by atoms with van der Waals surface area (Å²) in [6.07, 6.45) is 3.50. The van der Waals surface area contributed by atoms with E-state index in [1.165, 1.54) is 4.90 Å². The number of amides is 2. The van der Waals surface area contributed by atoms with Gasteiger partial charge in [-0.25, -0.2) is 9.97 Å². The fourth-order valence-electron chi connectivity index (χ4n) is 3.45. The van der Waals surface area contributed by atoms with Crippen LogP contribution < -0.4 is 4.90 Å². The smallest absolute Gasteiger partial charge is 0.235 e. The van der Waals surface area contributed by atoms with Crippen molar-refractivity contribution in [3.8, 4) is 0 Å². The first-order valence-corrected chi connectivity index (χ1v) is 8.06. The maximum absolute atomic E-state index is 12.7. The summed E-state index contributed by atoms with van der Waals surface area (Å²) in [6, 6.07) is 9.61. The van der Waals surface area contributed by atoms with Gasteiger partial charge in [-0.2, -0.15) is 0 Å². The molecule has 2 aromatic rings.